The number of hydrogen-bond acceptors (Lipinski definition) is 4. The molecular weight excluding hydrogens is 422 g/mol. The number of aliphatic carboxylic acids is 1. The molecule has 2 aromatic carbocycles. The van der Waals surface area contributed by atoms with Crippen LogP contribution in [-0.2, 0) is 17.6 Å². The van der Waals surface area contributed by atoms with Gasteiger partial charge in [0.2, 0.25) is 5.65 Å². The first-order valence-electron chi connectivity index (χ1n) is 9.24. The monoisotopic (exact) mass is 437 g/mol. The van der Waals surface area contributed by atoms with Crippen molar-refractivity contribution in [2.45, 2.75) is 12.8 Å². The molecule has 2 heterocycles. The molecule has 4 aromatic rings. The Bertz CT molecular complexity index is 1440. The molecule has 9 heteroatoms. The minimum absolute atomic E-state index is 0. The number of aromatic carboxylic acids is 1. The minimum atomic E-state index is -1.08. The fraction of sp³-hybridized carbons (Fsp3) is 0.0909. The van der Waals surface area contributed by atoms with E-state index in [1.165, 1.54) is 6.07 Å². The zero-order valence-corrected chi connectivity index (χ0v) is 16.8. The average molecular weight is 438 g/mol. The van der Waals surface area contributed by atoms with Crippen LogP contribution in [0.25, 0.3) is 28.2 Å². The van der Waals surface area contributed by atoms with Gasteiger partial charge >= 0.3 is 11.9 Å². The number of halogens is 1. The Labute approximate surface area is 181 Å². The number of fused-ring (bicyclic) bond motifs is 5. The molecule has 0 spiro atoms. The predicted molar refractivity (Wildman–Crippen MR) is 115 cm³/mol. The number of carbonyl (C=O) groups is 2. The number of hydrogen-bond donors (Lipinski definition) is 3. The lowest BCUT2D eigenvalue weighted by Gasteiger charge is -2.05. The third kappa shape index (κ3) is 3.17. The second-order valence-corrected chi connectivity index (χ2v) is 7.14. The van der Waals surface area contributed by atoms with Crippen molar-refractivity contribution in [1.29, 1.82) is 0 Å². The molecule has 0 fully saturated rings. The van der Waals surface area contributed by atoms with E-state index in [4.69, 9.17) is 0 Å². The third-order valence-electron chi connectivity index (χ3n) is 5.39. The number of nitrogens with one attached hydrogen (secondary N) is 1. The van der Waals surface area contributed by atoms with E-state index < -0.39 is 17.5 Å². The number of benzene rings is 2. The Hall–Kier alpha value is -3.91. The number of imidazole rings is 1. The predicted octanol–water partition coefficient (Wildman–Crippen LogP) is 3.01. The molecule has 5 rings (SSSR count). The second kappa shape index (κ2) is 7.41. The zero-order valence-electron chi connectivity index (χ0n) is 16.0. The van der Waals surface area contributed by atoms with E-state index in [0.29, 0.717) is 28.9 Å². The summed E-state index contributed by atoms with van der Waals surface area (Å²) in [5, 5.41) is 18.7. The summed E-state index contributed by atoms with van der Waals surface area (Å²) in [5.41, 5.74) is 4.43. The highest BCUT2D eigenvalue weighted by Crippen LogP contribution is 2.37. The van der Waals surface area contributed by atoms with Gasteiger partial charge in [-0.3, -0.25) is 14.0 Å². The normalized spacial score (nSPS) is 11.6. The summed E-state index contributed by atoms with van der Waals surface area (Å²) >= 11 is 0. The number of aromatic nitrogens is 3. The van der Waals surface area contributed by atoms with Crippen molar-refractivity contribution in [2.75, 3.05) is 0 Å². The van der Waals surface area contributed by atoms with Crippen molar-refractivity contribution in [3.63, 3.8) is 0 Å². The molecule has 0 atom stereocenters. The maximum absolute atomic E-state index is 12.7. The van der Waals surface area contributed by atoms with Gasteiger partial charge in [0.25, 0.3) is 5.56 Å². The highest BCUT2D eigenvalue weighted by Gasteiger charge is 2.27. The van der Waals surface area contributed by atoms with Crippen LogP contribution in [0.15, 0.2) is 53.5 Å². The van der Waals surface area contributed by atoms with Gasteiger partial charge in [-0.2, -0.15) is 0 Å². The van der Waals surface area contributed by atoms with Gasteiger partial charge in [-0.15, -0.1) is 12.4 Å². The lowest BCUT2D eigenvalue weighted by atomic mass is 10.0. The largest absolute Gasteiger partial charge is 0.481 e. The first kappa shape index (κ1) is 20.4. The van der Waals surface area contributed by atoms with Crippen molar-refractivity contribution < 1.29 is 19.8 Å². The molecule has 1 aliphatic carbocycles. The Balaban J connectivity index is 0.00000231. The molecule has 0 saturated heterocycles. The van der Waals surface area contributed by atoms with Crippen molar-refractivity contribution in [1.82, 2.24) is 14.4 Å². The van der Waals surface area contributed by atoms with E-state index in [0.717, 1.165) is 16.8 Å². The van der Waals surface area contributed by atoms with Gasteiger partial charge in [0.15, 0.2) is 0 Å². The van der Waals surface area contributed by atoms with Crippen LogP contribution in [0, 0.1) is 0 Å². The Morgan fingerprint density at radius 1 is 1.06 bits per heavy atom. The number of nitrogens with zero attached hydrogens (tertiary/aromatic N) is 2. The molecule has 0 aliphatic heterocycles. The summed E-state index contributed by atoms with van der Waals surface area (Å²) in [6.07, 6.45) is 2.00. The molecule has 3 N–H and O–H groups in total. The molecule has 1 aliphatic rings. The Morgan fingerprint density at radius 3 is 2.55 bits per heavy atom. The van der Waals surface area contributed by atoms with E-state index in [9.17, 15) is 24.6 Å². The maximum atomic E-state index is 12.7. The first-order chi connectivity index (χ1) is 14.4. The number of H-pyrrole nitrogens is 1. The summed E-state index contributed by atoms with van der Waals surface area (Å²) in [6, 6.07) is 11.9. The van der Waals surface area contributed by atoms with Crippen LogP contribution < -0.4 is 5.56 Å². The number of carboxylic acids is 2. The molecule has 0 amide bonds. The van der Waals surface area contributed by atoms with E-state index in [2.05, 4.69) is 9.97 Å². The van der Waals surface area contributed by atoms with Gasteiger partial charge in [0, 0.05) is 23.7 Å². The zero-order chi connectivity index (χ0) is 21.0. The van der Waals surface area contributed by atoms with Crippen LogP contribution in [0.4, 0.5) is 0 Å². The van der Waals surface area contributed by atoms with Crippen molar-refractivity contribution in [3.05, 3.63) is 81.4 Å². The number of aromatic amines is 1. The van der Waals surface area contributed by atoms with Crippen LogP contribution in [0.3, 0.4) is 0 Å². The standard InChI is InChI=1S/C22H15N3O5.ClH/c26-18(27)8-11-4-3-7-13-15(11)9-17-19(13)24-21(28)20-23-16(10-25(17)20)12-5-1-2-6-14(12)22(29)30;/h1-7,10H,8-9H2,(H,24,28)(H,26,27)(H,29,30);1H. The Morgan fingerprint density at radius 2 is 1.81 bits per heavy atom. The summed E-state index contributed by atoms with van der Waals surface area (Å²) in [5.74, 6) is -2.00. The summed E-state index contributed by atoms with van der Waals surface area (Å²) in [6.45, 7) is 0. The van der Waals surface area contributed by atoms with Gasteiger partial charge in [0.1, 0.15) is 0 Å². The molecule has 0 radical (unpaired) electrons. The fourth-order valence-electron chi connectivity index (χ4n) is 4.10. The molecule has 8 nitrogen and oxygen atoms in total. The highest BCUT2D eigenvalue weighted by molar-refractivity contribution is 5.95. The first-order valence-corrected chi connectivity index (χ1v) is 9.24. The van der Waals surface area contributed by atoms with Crippen LogP contribution >= 0.6 is 12.4 Å². The minimum Gasteiger partial charge on any atom is -0.481 e. The van der Waals surface area contributed by atoms with Gasteiger partial charge in [-0.1, -0.05) is 36.4 Å². The van der Waals surface area contributed by atoms with E-state index in [-0.39, 0.29) is 30.0 Å². The van der Waals surface area contributed by atoms with E-state index in [1.54, 1.807) is 40.9 Å². The SMILES string of the molecule is Cl.O=C(O)Cc1cccc2c1Cc1c-2[nH]c(=O)c2nc(-c3ccccc3C(=O)O)cn12. The smallest absolute Gasteiger partial charge is 0.336 e. The lowest BCUT2D eigenvalue weighted by molar-refractivity contribution is -0.136. The molecule has 0 saturated carbocycles. The fourth-order valence-corrected chi connectivity index (χ4v) is 4.10. The topological polar surface area (TPSA) is 125 Å². The van der Waals surface area contributed by atoms with Gasteiger partial charge < -0.3 is 15.2 Å². The molecule has 2 aromatic heterocycles. The molecule has 156 valence electrons. The molecule has 0 unspecified atom stereocenters. The molecular formula is C22H16ClN3O5. The summed E-state index contributed by atoms with van der Waals surface area (Å²) in [7, 11) is 0. The summed E-state index contributed by atoms with van der Waals surface area (Å²) in [4.78, 5) is 42.8. The van der Waals surface area contributed by atoms with Crippen molar-refractivity contribution >= 4 is 30.0 Å². The highest BCUT2D eigenvalue weighted by atomic mass is 35.5. The van der Waals surface area contributed by atoms with Crippen LogP contribution in [0.2, 0.25) is 0 Å². The number of rotatable bonds is 4. The quantitative estimate of drug-likeness (QED) is 0.397. The van der Waals surface area contributed by atoms with Crippen molar-refractivity contribution in [3.8, 4) is 22.5 Å². The summed E-state index contributed by atoms with van der Waals surface area (Å²) < 4.78 is 1.67. The van der Waals surface area contributed by atoms with Crippen molar-refractivity contribution in [2.24, 2.45) is 0 Å². The second-order valence-electron chi connectivity index (χ2n) is 7.14. The molecule has 31 heavy (non-hydrogen) atoms. The van der Waals surface area contributed by atoms with Crippen LogP contribution in [0.5, 0.6) is 0 Å². The van der Waals surface area contributed by atoms with Crippen LogP contribution in [-0.4, -0.2) is 36.5 Å². The van der Waals surface area contributed by atoms with E-state index >= 15 is 0 Å². The van der Waals surface area contributed by atoms with Gasteiger partial charge in [-0.25, -0.2) is 9.78 Å². The average Bonchev–Trinajstić information content (AvgIpc) is 3.31. The van der Waals surface area contributed by atoms with Crippen LogP contribution in [0.1, 0.15) is 27.2 Å². The van der Waals surface area contributed by atoms with E-state index in [1.807, 2.05) is 6.07 Å². The lowest BCUT2D eigenvalue weighted by Crippen LogP contribution is -2.13. The molecule has 0 bridgehead atoms. The third-order valence-corrected chi connectivity index (χ3v) is 5.39. The number of carboxylic acid groups (broad SMARTS) is 2. The van der Waals surface area contributed by atoms with Gasteiger partial charge in [-0.05, 0) is 17.2 Å². The Kier molecular flexibility index (Phi) is 4.87. The maximum Gasteiger partial charge on any atom is 0.336 e. The van der Waals surface area contributed by atoms with Gasteiger partial charge in [0.05, 0.1) is 29.1 Å².